The Balaban J connectivity index is 2.25. The Kier molecular flexibility index (Phi) is 2.91. The Labute approximate surface area is 93.0 Å². The molecule has 3 heteroatoms. The highest BCUT2D eigenvalue weighted by Gasteiger charge is 2.31. The van der Waals surface area contributed by atoms with E-state index in [9.17, 15) is 0 Å². The Hall–Kier alpha value is -0.380. The van der Waals surface area contributed by atoms with Gasteiger partial charge in [0.15, 0.2) is 0 Å². The predicted octanol–water partition coefficient (Wildman–Crippen LogP) is 2.67. The third-order valence-electron chi connectivity index (χ3n) is 2.81. The quantitative estimate of drug-likeness (QED) is 0.643. The molecule has 3 N–H and O–H groups in total. The lowest BCUT2D eigenvalue weighted by Gasteiger charge is -2.16. The van der Waals surface area contributed by atoms with E-state index in [1.54, 1.807) is 0 Å². The molecule has 76 valence electrons. The van der Waals surface area contributed by atoms with E-state index >= 15 is 0 Å². The van der Waals surface area contributed by atoms with Crippen molar-refractivity contribution in [1.29, 1.82) is 0 Å². The Morgan fingerprint density at radius 2 is 2.21 bits per heavy atom. The average molecular weight is 255 g/mol. The molecule has 0 spiro atoms. The summed E-state index contributed by atoms with van der Waals surface area (Å²) in [4.78, 5) is 0. The lowest BCUT2D eigenvalue weighted by atomic mass is 10.0. The highest BCUT2D eigenvalue weighted by atomic mass is 79.9. The molecule has 1 aliphatic carbocycles. The van der Waals surface area contributed by atoms with E-state index < -0.39 is 0 Å². The molecule has 0 aromatic heterocycles. The number of hydrazine groups is 1. The van der Waals surface area contributed by atoms with Crippen molar-refractivity contribution >= 4 is 15.9 Å². The van der Waals surface area contributed by atoms with E-state index in [0.717, 1.165) is 10.4 Å². The number of aryl methyl sites for hydroxylation is 1. The van der Waals surface area contributed by atoms with Gasteiger partial charge in [-0.1, -0.05) is 28.1 Å². The molecule has 0 aliphatic heterocycles. The van der Waals surface area contributed by atoms with Crippen molar-refractivity contribution in [2.45, 2.75) is 25.8 Å². The SMILES string of the molecule is Cc1cc(C(NN)C2CC2)ccc1Br. The highest BCUT2D eigenvalue weighted by molar-refractivity contribution is 9.10. The molecule has 1 atom stereocenters. The van der Waals surface area contributed by atoms with Crippen LogP contribution in [-0.4, -0.2) is 0 Å². The van der Waals surface area contributed by atoms with E-state index in [2.05, 4.69) is 46.5 Å². The normalized spacial score (nSPS) is 18.2. The van der Waals surface area contributed by atoms with Crippen LogP contribution < -0.4 is 11.3 Å². The van der Waals surface area contributed by atoms with Crippen LogP contribution in [0.4, 0.5) is 0 Å². The molecule has 1 fully saturated rings. The maximum absolute atomic E-state index is 5.57. The van der Waals surface area contributed by atoms with Crippen LogP contribution in [0.5, 0.6) is 0 Å². The standard InChI is InChI=1S/C11H15BrN2/c1-7-6-9(4-5-10(7)12)11(14-13)8-2-3-8/h4-6,8,11,14H,2-3,13H2,1H3. The number of benzene rings is 1. The number of nitrogens with two attached hydrogens (primary N) is 1. The highest BCUT2D eigenvalue weighted by Crippen LogP contribution is 2.40. The van der Waals surface area contributed by atoms with Gasteiger partial charge in [-0.05, 0) is 42.9 Å². The summed E-state index contributed by atoms with van der Waals surface area (Å²) in [6.45, 7) is 2.11. The van der Waals surface area contributed by atoms with Gasteiger partial charge in [0.25, 0.3) is 0 Å². The molecule has 2 rings (SSSR count). The van der Waals surface area contributed by atoms with Crippen LogP contribution in [0.3, 0.4) is 0 Å². The molecular formula is C11H15BrN2. The third-order valence-corrected chi connectivity index (χ3v) is 3.70. The van der Waals surface area contributed by atoms with Gasteiger partial charge in [0.05, 0.1) is 0 Å². The third kappa shape index (κ3) is 2.00. The van der Waals surface area contributed by atoms with Crippen molar-refractivity contribution in [1.82, 2.24) is 5.43 Å². The maximum Gasteiger partial charge on any atom is 0.0488 e. The second-order valence-electron chi connectivity index (χ2n) is 3.99. The van der Waals surface area contributed by atoms with Crippen LogP contribution in [0, 0.1) is 12.8 Å². The summed E-state index contributed by atoms with van der Waals surface area (Å²) in [5.41, 5.74) is 5.48. The van der Waals surface area contributed by atoms with Crippen LogP contribution in [0.2, 0.25) is 0 Å². The fraction of sp³-hybridized carbons (Fsp3) is 0.455. The summed E-state index contributed by atoms with van der Waals surface area (Å²) < 4.78 is 1.16. The van der Waals surface area contributed by atoms with Gasteiger partial charge in [-0.2, -0.15) is 0 Å². The van der Waals surface area contributed by atoms with Crippen molar-refractivity contribution in [3.63, 3.8) is 0 Å². The minimum absolute atomic E-state index is 0.335. The van der Waals surface area contributed by atoms with E-state index in [-0.39, 0.29) is 0 Å². The fourth-order valence-corrected chi connectivity index (χ4v) is 2.04. The van der Waals surface area contributed by atoms with Crippen molar-refractivity contribution in [3.05, 3.63) is 33.8 Å². The van der Waals surface area contributed by atoms with E-state index in [1.807, 2.05) is 0 Å². The largest absolute Gasteiger partial charge is 0.271 e. The number of hydrogen-bond acceptors (Lipinski definition) is 2. The Morgan fingerprint density at radius 1 is 1.50 bits per heavy atom. The van der Waals surface area contributed by atoms with Gasteiger partial charge in [0, 0.05) is 10.5 Å². The van der Waals surface area contributed by atoms with Crippen molar-refractivity contribution in [2.24, 2.45) is 11.8 Å². The molecule has 0 radical (unpaired) electrons. The van der Waals surface area contributed by atoms with Gasteiger partial charge in [-0.25, -0.2) is 0 Å². The number of rotatable bonds is 3. The second kappa shape index (κ2) is 4.01. The molecule has 1 saturated carbocycles. The van der Waals surface area contributed by atoms with Crippen molar-refractivity contribution < 1.29 is 0 Å². The van der Waals surface area contributed by atoms with Crippen LogP contribution >= 0.6 is 15.9 Å². The predicted molar refractivity (Wildman–Crippen MR) is 61.7 cm³/mol. The van der Waals surface area contributed by atoms with E-state index in [0.29, 0.717) is 6.04 Å². The minimum atomic E-state index is 0.335. The second-order valence-corrected chi connectivity index (χ2v) is 4.84. The molecule has 0 bridgehead atoms. The van der Waals surface area contributed by atoms with Crippen LogP contribution in [0.1, 0.15) is 30.0 Å². The van der Waals surface area contributed by atoms with Gasteiger partial charge in [0.1, 0.15) is 0 Å². The Morgan fingerprint density at radius 3 is 2.71 bits per heavy atom. The Bertz CT molecular complexity index is 334. The zero-order valence-corrected chi connectivity index (χ0v) is 9.84. The first-order valence-electron chi connectivity index (χ1n) is 4.94. The summed E-state index contributed by atoms with van der Waals surface area (Å²) in [6, 6.07) is 6.77. The number of hydrogen-bond donors (Lipinski definition) is 2. The number of nitrogens with one attached hydrogen (secondary N) is 1. The zero-order valence-electron chi connectivity index (χ0n) is 8.26. The summed E-state index contributed by atoms with van der Waals surface area (Å²) in [6.07, 6.45) is 2.59. The lowest BCUT2D eigenvalue weighted by Crippen LogP contribution is -2.29. The van der Waals surface area contributed by atoms with E-state index in [4.69, 9.17) is 5.84 Å². The molecule has 0 saturated heterocycles. The first kappa shape index (κ1) is 10.1. The zero-order chi connectivity index (χ0) is 10.1. The molecule has 0 heterocycles. The smallest absolute Gasteiger partial charge is 0.0488 e. The lowest BCUT2D eigenvalue weighted by molar-refractivity contribution is 0.496. The molecule has 1 unspecified atom stereocenters. The molecule has 14 heavy (non-hydrogen) atoms. The maximum atomic E-state index is 5.57. The van der Waals surface area contributed by atoms with Crippen molar-refractivity contribution in [2.75, 3.05) is 0 Å². The molecule has 1 aromatic rings. The van der Waals surface area contributed by atoms with E-state index in [1.165, 1.54) is 24.0 Å². The first-order chi connectivity index (χ1) is 6.72. The van der Waals surface area contributed by atoms with Crippen LogP contribution in [-0.2, 0) is 0 Å². The molecule has 2 nitrogen and oxygen atoms in total. The minimum Gasteiger partial charge on any atom is -0.271 e. The molecular weight excluding hydrogens is 240 g/mol. The summed E-state index contributed by atoms with van der Waals surface area (Å²) in [5.74, 6) is 6.31. The van der Waals surface area contributed by atoms with Gasteiger partial charge in [-0.15, -0.1) is 0 Å². The van der Waals surface area contributed by atoms with Crippen molar-refractivity contribution in [3.8, 4) is 0 Å². The molecule has 0 amide bonds. The first-order valence-corrected chi connectivity index (χ1v) is 5.74. The van der Waals surface area contributed by atoms with Gasteiger partial charge < -0.3 is 0 Å². The summed E-state index contributed by atoms with van der Waals surface area (Å²) in [7, 11) is 0. The van der Waals surface area contributed by atoms with Gasteiger partial charge >= 0.3 is 0 Å². The van der Waals surface area contributed by atoms with Gasteiger partial charge in [-0.3, -0.25) is 11.3 Å². The fourth-order valence-electron chi connectivity index (χ4n) is 1.80. The number of halogens is 1. The monoisotopic (exact) mass is 254 g/mol. The summed E-state index contributed by atoms with van der Waals surface area (Å²) in [5, 5.41) is 0. The van der Waals surface area contributed by atoms with Crippen LogP contribution in [0.25, 0.3) is 0 Å². The topological polar surface area (TPSA) is 38.0 Å². The molecule has 1 aromatic carbocycles. The van der Waals surface area contributed by atoms with Gasteiger partial charge in [0.2, 0.25) is 0 Å². The summed E-state index contributed by atoms with van der Waals surface area (Å²) >= 11 is 3.50. The van der Waals surface area contributed by atoms with Crippen LogP contribution in [0.15, 0.2) is 22.7 Å². The molecule has 1 aliphatic rings. The average Bonchev–Trinajstić information content (AvgIpc) is 2.96.